The van der Waals surface area contributed by atoms with Crippen LogP contribution in [0.2, 0.25) is 0 Å². The molecule has 0 radical (unpaired) electrons. The molecule has 16 heavy (non-hydrogen) atoms. The van der Waals surface area contributed by atoms with Crippen LogP contribution in [-0.4, -0.2) is 29.3 Å². The monoisotopic (exact) mass is 224 g/mol. The summed E-state index contributed by atoms with van der Waals surface area (Å²) in [7, 11) is 0. The number of nitrogens with zero attached hydrogens (tertiary/aromatic N) is 2. The molecule has 1 fully saturated rings. The predicted molar refractivity (Wildman–Crippen MR) is 59.1 cm³/mol. The summed E-state index contributed by atoms with van der Waals surface area (Å²) >= 11 is 0. The minimum absolute atomic E-state index is 0.106. The van der Waals surface area contributed by atoms with Crippen molar-refractivity contribution in [3.05, 3.63) is 11.9 Å². The summed E-state index contributed by atoms with van der Waals surface area (Å²) in [6.45, 7) is 3.32. The van der Waals surface area contributed by atoms with E-state index >= 15 is 0 Å². The first-order valence-electron chi connectivity index (χ1n) is 5.40. The zero-order valence-electron chi connectivity index (χ0n) is 9.27. The van der Waals surface area contributed by atoms with Crippen LogP contribution in [0, 0.1) is 0 Å². The number of hydrogen-bond donors (Lipinski definition) is 2. The average molecular weight is 224 g/mol. The van der Waals surface area contributed by atoms with Crippen LogP contribution in [-0.2, 0) is 11.2 Å². The molecule has 1 aliphatic heterocycles. The van der Waals surface area contributed by atoms with Crippen LogP contribution in [0.15, 0.2) is 6.07 Å². The van der Waals surface area contributed by atoms with Crippen molar-refractivity contribution in [1.29, 1.82) is 0 Å². The Labute approximate surface area is 94.1 Å². The third-order valence-corrected chi connectivity index (χ3v) is 2.27. The molecule has 1 saturated heterocycles. The second kappa shape index (κ2) is 5.09. The molecule has 6 heteroatoms. The van der Waals surface area contributed by atoms with Gasteiger partial charge in [0.2, 0.25) is 5.88 Å². The number of hydrazine groups is 1. The lowest BCUT2D eigenvalue weighted by atomic mass is 10.3. The van der Waals surface area contributed by atoms with Crippen LogP contribution < -0.4 is 16.0 Å². The molecule has 0 saturated carbocycles. The molecule has 0 amide bonds. The molecule has 0 aromatic carbocycles. The van der Waals surface area contributed by atoms with Gasteiger partial charge in [-0.2, -0.15) is 4.98 Å². The van der Waals surface area contributed by atoms with Gasteiger partial charge in [-0.3, -0.25) is 0 Å². The van der Waals surface area contributed by atoms with Crippen molar-refractivity contribution in [2.45, 2.75) is 25.9 Å². The Morgan fingerprint density at radius 1 is 1.56 bits per heavy atom. The summed E-state index contributed by atoms with van der Waals surface area (Å²) in [5, 5.41) is 0. The Morgan fingerprint density at radius 2 is 2.38 bits per heavy atom. The first-order valence-corrected chi connectivity index (χ1v) is 5.40. The minimum atomic E-state index is 0.106. The van der Waals surface area contributed by atoms with Crippen molar-refractivity contribution in [1.82, 2.24) is 9.97 Å². The largest absolute Gasteiger partial charge is 0.469 e. The molecule has 0 atom stereocenters. The van der Waals surface area contributed by atoms with Crippen LogP contribution in [0.1, 0.15) is 19.2 Å². The molecule has 1 aliphatic rings. The van der Waals surface area contributed by atoms with Gasteiger partial charge in [0.1, 0.15) is 17.7 Å². The highest BCUT2D eigenvalue weighted by atomic mass is 16.6. The van der Waals surface area contributed by atoms with Crippen LogP contribution >= 0.6 is 0 Å². The minimum Gasteiger partial charge on any atom is -0.469 e. The maximum Gasteiger partial charge on any atom is 0.219 e. The van der Waals surface area contributed by atoms with E-state index in [0.717, 1.165) is 18.7 Å². The molecule has 1 aromatic heterocycles. The van der Waals surface area contributed by atoms with Crippen molar-refractivity contribution in [2.24, 2.45) is 5.84 Å². The van der Waals surface area contributed by atoms with E-state index in [-0.39, 0.29) is 6.10 Å². The van der Waals surface area contributed by atoms with Gasteiger partial charge in [0.25, 0.3) is 0 Å². The maximum absolute atomic E-state index is 5.61. The molecule has 0 unspecified atom stereocenters. The highest BCUT2D eigenvalue weighted by molar-refractivity contribution is 5.37. The molecule has 0 aliphatic carbocycles. The third kappa shape index (κ3) is 2.59. The Morgan fingerprint density at radius 3 is 2.94 bits per heavy atom. The molecule has 2 heterocycles. The van der Waals surface area contributed by atoms with E-state index in [4.69, 9.17) is 15.3 Å². The number of nitrogen functional groups attached to an aromatic ring is 1. The molecule has 3 N–H and O–H groups in total. The fourth-order valence-electron chi connectivity index (χ4n) is 1.40. The van der Waals surface area contributed by atoms with E-state index < -0.39 is 0 Å². The van der Waals surface area contributed by atoms with E-state index in [9.17, 15) is 0 Å². The van der Waals surface area contributed by atoms with Gasteiger partial charge in [-0.05, 0) is 6.42 Å². The smallest absolute Gasteiger partial charge is 0.219 e. The van der Waals surface area contributed by atoms with Crippen LogP contribution in [0.5, 0.6) is 5.88 Å². The van der Waals surface area contributed by atoms with E-state index in [1.807, 2.05) is 0 Å². The van der Waals surface area contributed by atoms with Crippen molar-refractivity contribution in [3.8, 4) is 5.88 Å². The third-order valence-electron chi connectivity index (χ3n) is 2.27. The summed E-state index contributed by atoms with van der Waals surface area (Å²) in [5.74, 6) is 7.22. The second-order valence-corrected chi connectivity index (χ2v) is 3.68. The van der Waals surface area contributed by atoms with Crippen molar-refractivity contribution in [2.75, 3.05) is 18.6 Å². The number of aryl methyl sites for hydroxylation is 1. The lowest BCUT2D eigenvalue weighted by Gasteiger charge is -2.26. The van der Waals surface area contributed by atoms with E-state index in [1.165, 1.54) is 0 Å². The van der Waals surface area contributed by atoms with Gasteiger partial charge in [-0.15, -0.1) is 0 Å². The molecule has 2 rings (SSSR count). The summed E-state index contributed by atoms with van der Waals surface area (Å²) in [6, 6.07) is 1.69. The first kappa shape index (κ1) is 11.1. The molecule has 0 bridgehead atoms. The van der Waals surface area contributed by atoms with Crippen molar-refractivity contribution in [3.63, 3.8) is 0 Å². The standard InChI is InChI=1S/C10H16N4O2/c1-2-3-8-12-9(14-11)4-10(13-8)16-7-5-15-6-7/h4,7H,2-3,5-6,11H2,1H3,(H,12,13,14). The number of nitrogens with two attached hydrogens (primary N) is 1. The van der Waals surface area contributed by atoms with Gasteiger partial charge in [-0.25, -0.2) is 10.8 Å². The normalized spacial score (nSPS) is 15.6. The molecular formula is C10H16N4O2. The Hall–Kier alpha value is -1.40. The first-order chi connectivity index (χ1) is 7.81. The zero-order chi connectivity index (χ0) is 11.4. The van der Waals surface area contributed by atoms with Gasteiger partial charge < -0.3 is 14.9 Å². The van der Waals surface area contributed by atoms with Crippen LogP contribution in [0.25, 0.3) is 0 Å². The fourth-order valence-corrected chi connectivity index (χ4v) is 1.40. The highest BCUT2D eigenvalue weighted by Gasteiger charge is 2.21. The predicted octanol–water partition coefficient (Wildman–Crippen LogP) is 0.492. The topological polar surface area (TPSA) is 82.3 Å². The average Bonchev–Trinajstić information content (AvgIpc) is 2.24. The maximum atomic E-state index is 5.61. The van der Waals surface area contributed by atoms with Gasteiger partial charge in [-0.1, -0.05) is 6.92 Å². The lowest BCUT2D eigenvalue weighted by Crippen LogP contribution is -2.38. The van der Waals surface area contributed by atoms with Crippen LogP contribution in [0.4, 0.5) is 5.82 Å². The van der Waals surface area contributed by atoms with Gasteiger partial charge in [0.15, 0.2) is 0 Å². The van der Waals surface area contributed by atoms with E-state index in [1.54, 1.807) is 6.07 Å². The summed E-state index contributed by atoms with van der Waals surface area (Å²) in [5.41, 5.74) is 2.51. The molecule has 6 nitrogen and oxygen atoms in total. The Kier molecular flexibility index (Phi) is 3.53. The van der Waals surface area contributed by atoms with Gasteiger partial charge >= 0.3 is 0 Å². The second-order valence-electron chi connectivity index (χ2n) is 3.68. The Bertz CT molecular complexity index is 355. The highest BCUT2D eigenvalue weighted by Crippen LogP contribution is 2.17. The zero-order valence-corrected chi connectivity index (χ0v) is 9.27. The van der Waals surface area contributed by atoms with Crippen molar-refractivity contribution >= 4 is 5.82 Å². The molecule has 1 aromatic rings. The number of aromatic nitrogens is 2. The SMILES string of the molecule is CCCc1nc(NN)cc(OC2COC2)n1. The summed E-state index contributed by atoms with van der Waals surface area (Å²) < 4.78 is 10.6. The van der Waals surface area contributed by atoms with Gasteiger partial charge in [0, 0.05) is 12.5 Å². The number of rotatable bonds is 5. The molecule has 0 spiro atoms. The molecular weight excluding hydrogens is 208 g/mol. The number of ether oxygens (including phenoxy) is 2. The van der Waals surface area contributed by atoms with Gasteiger partial charge in [0.05, 0.1) is 13.2 Å². The number of hydrogen-bond acceptors (Lipinski definition) is 6. The summed E-state index contributed by atoms with van der Waals surface area (Å²) in [4.78, 5) is 8.54. The quantitative estimate of drug-likeness (QED) is 0.559. The number of anilines is 1. The van der Waals surface area contributed by atoms with E-state index in [0.29, 0.717) is 24.9 Å². The Balaban J connectivity index is 2.11. The van der Waals surface area contributed by atoms with E-state index in [2.05, 4.69) is 22.3 Å². The summed E-state index contributed by atoms with van der Waals surface area (Å²) in [6.07, 6.45) is 1.91. The van der Waals surface area contributed by atoms with Crippen molar-refractivity contribution < 1.29 is 9.47 Å². The van der Waals surface area contributed by atoms with Crippen LogP contribution in [0.3, 0.4) is 0 Å². The lowest BCUT2D eigenvalue weighted by molar-refractivity contribution is -0.0814. The fraction of sp³-hybridized carbons (Fsp3) is 0.600. The number of nitrogens with one attached hydrogen (secondary N) is 1. The molecule has 88 valence electrons.